The Morgan fingerprint density at radius 3 is 2.73 bits per heavy atom. The number of fused-ring (bicyclic) bond motifs is 3. The van der Waals surface area contributed by atoms with Crippen LogP contribution in [0.3, 0.4) is 0 Å². The summed E-state index contributed by atoms with van der Waals surface area (Å²) in [5.74, 6) is -1.33. The van der Waals surface area contributed by atoms with Gasteiger partial charge < -0.3 is 19.2 Å². The van der Waals surface area contributed by atoms with Crippen molar-refractivity contribution in [3.63, 3.8) is 0 Å². The number of hydrogen-bond donors (Lipinski definition) is 1. The van der Waals surface area contributed by atoms with Gasteiger partial charge in [0.15, 0.2) is 0 Å². The minimum absolute atomic E-state index is 0.0703. The van der Waals surface area contributed by atoms with E-state index in [0.29, 0.717) is 43.5 Å². The number of carbonyl (C=O) groups excluding carboxylic acids is 1. The molecule has 6 rings (SSSR count). The average molecular weight is 518 g/mol. The highest BCUT2D eigenvalue weighted by molar-refractivity contribution is 5.96. The van der Waals surface area contributed by atoms with Crippen LogP contribution in [-0.4, -0.2) is 51.6 Å². The van der Waals surface area contributed by atoms with Gasteiger partial charge in [0.25, 0.3) is 5.91 Å². The van der Waals surface area contributed by atoms with E-state index in [1.165, 1.54) is 6.20 Å². The Balaban J connectivity index is 1.28. The number of rotatable bonds is 6. The van der Waals surface area contributed by atoms with E-state index in [0.717, 1.165) is 18.5 Å². The van der Waals surface area contributed by atoms with Crippen LogP contribution in [0.1, 0.15) is 70.4 Å². The standard InChI is InChI=1S/C25H26F3N5O4/c1-13-6-19-20(22-17(13)11-33(32-22)10-16-12-35-4-5-36-16)21(25(26,27)28)23(37-19)24(34)31-8-15-7-30-18(9-29-15)14-2-3-14/h7,9,11,13-14,16H,2-6,8,10,12H2,1H3,(H,31,34)/t13-,16+/m1/s1. The van der Waals surface area contributed by atoms with Gasteiger partial charge in [-0.1, -0.05) is 6.92 Å². The average Bonchev–Trinajstić information content (AvgIpc) is 3.51. The Hall–Kier alpha value is -3.25. The molecule has 1 saturated carbocycles. The first-order chi connectivity index (χ1) is 17.8. The summed E-state index contributed by atoms with van der Waals surface area (Å²) in [4.78, 5) is 21.5. The molecule has 4 heterocycles. The molecule has 196 valence electrons. The van der Waals surface area contributed by atoms with Crippen molar-refractivity contribution < 1.29 is 31.9 Å². The predicted molar refractivity (Wildman–Crippen MR) is 123 cm³/mol. The van der Waals surface area contributed by atoms with Gasteiger partial charge in [0, 0.05) is 30.3 Å². The van der Waals surface area contributed by atoms with E-state index in [2.05, 4.69) is 20.4 Å². The largest absolute Gasteiger partial charge is 0.455 e. The highest BCUT2D eigenvalue weighted by Crippen LogP contribution is 2.48. The maximum absolute atomic E-state index is 14.4. The number of nitrogens with one attached hydrogen (secondary N) is 1. The van der Waals surface area contributed by atoms with Crippen LogP contribution in [-0.2, 0) is 35.2 Å². The monoisotopic (exact) mass is 517 g/mol. The maximum atomic E-state index is 14.4. The molecule has 37 heavy (non-hydrogen) atoms. The second-order valence-electron chi connectivity index (χ2n) is 9.82. The fourth-order valence-electron chi connectivity index (χ4n) is 4.92. The van der Waals surface area contributed by atoms with Crippen LogP contribution in [0.2, 0.25) is 0 Å². The Morgan fingerprint density at radius 1 is 1.22 bits per heavy atom. The second kappa shape index (κ2) is 9.25. The van der Waals surface area contributed by atoms with Crippen molar-refractivity contribution in [3.05, 3.63) is 52.6 Å². The van der Waals surface area contributed by atoms with Crippen molar-refractivity contribution in [2.45, 2.75) is 63.4 Å². The molecule has 3 aliphatic rings. The highest BCUT2D eigenvalue weighted by atomic mass is 19.4. The first-order valence-corrected chi connectivity index (χ1v) is 12.4. The molecule has 0 spiro atoms. The number of halogens is 3. The van der Waals surface area contributed by atoms with Crippen molar-refractivity contribution in [2.75, 3.05) is 19.8 Å². The van der Waals surface area contributed by atoms with E-state index in [9.17, 15) is 18.0 Å². The van der Waals surface area contributed by atoms with Crippen LogP contribution < -0.4 is 5.32 Å². The molecule has 1 aliphatic heterocycles. The number of ether oxygens (including phenoxy) is 2. The van der Waals surface area contributed by atoms with Gasteiger partial charge in [-0.25, -0.2) is 0 Å². The lowest BCUT2D eigenvalue weighted by atomic mass is 9.86. The van der Waals surface area contributed by atoms with Gasteiger partial charge in [-0.15, -0.1) is 0 Å². The summed E-state index contributed by atoms with van der Waals surface area (Å²) >= 11 is 0. The molecule has 9 nitrogen and oxygen atoms in total. The van der Waals surface area contributed by atoms with Crippen molar-refractivity contribution in [2.24, 2.45) is 0 Å². The third kappa shape index (κ3) is 4.75. The van der Waals surface area contributed by atoms with Gasteiger partial charge in [0.05, 0.1) is 61.8 Å². The van der Waals surface area contributed by atoms with Gasteiger partial charge in [-0.2, -0.15) is 18.3 Å². The second-order valence-corrected chi connectivity index (χ2v) is 9.82. The van der Waals surface area contributed by atoms with Gasteiger partial charge in [0.1, 0.15) is 17.4 Å². The molecular weight excluding hydrogens is 491 g/mol. The fraction of sp³-hybridized carbons (Fsp3) is 0.520. The molecule has 0 unspecified atom stereocenters. The van der Waals surface area contributed by atoms with E-state index in [1.807, 2.05) is 6.92 Å². The van der Waals surface area contributed by atoms with Crippen molar-refractivity contribution >= 4 is 5.91 Å². The minimum atomic E-state index is -4.82. The van der Waals surface area contributed by atoms with Crippen LogP contribution in [0.5, 0.6) is 0 Å². The Bertz CT molecular complexity index is 1310. The lowest BCUT2D eigenvalue weighted by Crippen LogP contribution is -2.32. The summed E-state index contributed by atoms with van der Waals surface area (Å²) in [5, 5.41) is 6.98. The van der Waals surface area contributed by atoms with Gasteiger partial charge in [-0.05, 0) is 18.8 Å². The molecule has 2 fully saturated rings. The smallest absolute Gasteiger partial charge is 0.420 e. The third-order valence-corrected chi connectivity index (χ3v) is 6.95. The van der Waals surface area contributed by atoms with E-state index in [4.69, 9.17) is 13.9 Å². The summed E-state index contributed by atoms with van der Waals surface area (Å²) < 4.78 is 61.3. The lowest BCUT2D eigenvalue weighted by Gasteiger charge is -2.22. The van der Waals surface area contributed by atoms with Crippen molar-refractivity contribution in [3.8, 4) is 11.3 Å². The van der Waals surface area contributed by atoms with Crippen LogP contribution in [0.15, 0.2) is 23.0 Å². The molecule has 1 N–H and O–H groups in total. The number of aromatic nitrogens is 4. The van der Waals surface area contributed by atoms with E-state index in [1.54, 1.807) is 17.1 Å². The Kier molecular flexibility index (Phi) is 6.03. The lowest BCUT2D eigenvalue weighted by molar-refractivity contribution is -0.137. The quantitative estimate of drug-likeness (QED) is 0.530. The minimum Gasteiger partial charge on any atom is -0.455 e. The molecule has 2 aliphatic carbocycles. The van der Waals surface area contributed by atoms with Crippen molar-refractivity contribution in [1.29, 1.82) is 0 Å². The third-order valence-electron chi connectivity index (χ3n) is 6.95. The maximum Gasteiger partial charge on any atom is 0.420 e. The number of nitrogens with zero attached hydrogens (tertiary/aromatic N) is 4. The normalized spacial score (nSPS) is 21.4. The molecular formula is C25H26F3N5O4. The summed E-state index contributed by atoms with van der Waals surface area (Å²) in [5.41, 5.74) is 0.923. The zero-order chi connectivity index (χ0) is 25.7. The van der Waals surface area contributed by atoms with E-state index < -0.39 is 23.4 Å². The molecule has 0 aromatic carbocycles. The van der Waals surface area contributed by atoms with E-state index >= 15 is 0 Å². The molecule has 0 radical (unpaired) electrons. The predicted octanol–water partition coefficient (Wildman–Crippen LogP) is 3.83. The molecule has 3 aromatic heterocycles. The molecule has 12 heteroatoms. The number of carbonyl (C=O) groups is 1. The topological polar surface area (TPSA) is 104 Å². The summed E-state index contributed by atoms with van der Waals surface area (Å²) in [6.45, 7) is 3.54. The Labute approximate surface area is 210 Å². The zero-order valence-electron chi connectivity index (χ0n) is 20.2. The van der Waals surface area contributed by atoms with Crippen LogP contribution in [0.4, 0.5) is 13.2 Å². The number of amides is 1. The fourth-order valence-corrected chi connectivity index (χ4v) is 4.92. The highest BCUT2D eigenvalue weighted by Gasteiger charge is 2.46. The Morgan fingerprint density at radius 2 is 2.05 bits per heavy atom. The van der Waals surface area contributed by atoms with Crippen molar-refractivity contribution in [1.82, 2.24) is 25.1 Å². The molecule has 1 saturated heterocycles. The SMILES string of the molecule is C[C@@H]1Cc2oc(C(=O)NCc3cnc(C4CC4)cn3)c(C(F)(F)F)c2-c2nn(C[C@H]3COCCO3)cc21. The van der Waals surface area contributed by atoms with Gasteiger partial charge in [0.2, 0.25) is 5.76 Å². The summed E-state index contributed by atoms with van der Waals surface area (Å²) in [6, 6.07) is 0. The van der Waals surface area contributed by atoms with E-state index in [-0.39, 0.29) is 42.0 Å². The van der Waals surface area contributed by atoms with Crippen LogP contribution >= 0.6 is 0 Å². The first kappa shape index (κ1) is 24.1. The number of hydrogen-bond acceptors (Lipinski definition) is 7. The molecule has 2 atom stereocenters. The molecule has 3 aromatic rings. The van der Waals surface area contributed by atoms with Crippen LogP contribution in [0, 0.1) is 0 Å². The van der Waals surface area contributed by atoms with Gasteiger partial charge >= 0.3 is 6.18 Å². The number of alkyl halides is 3. The summed E-state index contributed by atoms with van der Waals surface area (Å²) in [7, 11) is 0. The zero-order valence-corrected chi connectivity index (χ0v) is 20.2. The number of furan rings is 1. The molecule has 1 amide bonds. The van der Waals surface area contributed by atoms with Crippen LogP contribution in [0.25, 0.3) is 11.3 Å². The first-order valence-electron chi connectivity index (χ1n) is 12.4. The molecule has 0 bridgehead atoms. The van der Waals surface area contributed by atoms with Gasteiger partial charge in [-0.3, -0.25) is 19.4 Å². The summed E-state index contributed by atoms with van der Waals surface area (Å²) in [6.07, 6.45) is 2.25.